The number of hydrogen-bond donors (Lipinski definition) is 1. The molecule has 1 aromatic heterocycles. The fraction of sp³-hybridized carbons (Fsp3) is 0.417. The molecule has 0 amide bonds. The molecule has 3 aromatic rings. The van der Waals surface area contributed by atoms with E-state index in [9.17, 15) is 22.0 Å². The van der Waals surface area contributed by atoms with Crippen LogP contribution in [0.15, 0.2) is 41.4 Å². The molecule has 2 aromatic carbocycles. The molecule has 0 aliphatic heterocycles. The molecule has 36 heavy (non-hydrogen) atoms. The molecule has 0 unspecified atom stereocenters. The summed E-state index contributed by atoms with van der Waals surface area (Å²) < 4.78 is 69.3. The molecule has 0 aliphatic carbocycles. The van der Waals surface area contributed by atoms with Crippen molar-refractivity contribution in [1.82, 2.24) is 19.4 Å². The largest absolute Gasteiger partial charge is 0.468 e. The molecule has 1 N–H and O–H groups in total. The molecule has 9 nitrogen and oxygen atoms in total. The van der Waals surface area contributed by atoms with Gasteiger partial charge in [-0.05, 0) is 57.2 Å². The molecule has 3 rings (SSSR count). The zero-order valence-electron chi connectivity index (χ0n) is 20.8. The van der Waals surface area contributed by atoms with Crippen molar-refractivity contribution in [2.45, 2.75) is 37.8 Å². The van der Waals surface area contributed by atoms with Crippen LogP contribution in [0.25, 0.3) is 10.9 Å². The Morgan fingerprint density at radius 3 is 2.50 bits per heavy atom. The highest BCUT2D eigenvalue weighted by Crippen LogP contribution is 2.34. The first kappa shape index (κ1) is 27.5. The normalized spacial score (nSPS) is 12.9. The minimum absolute atomic E-state index is 0.148. The number of carbonyl (C=O) groups is 1. The van der Waals surface area contributed by atoms with Crippen molar-refractivity contribution in [3.63, 3.8) is 0 Å². The highest BCUT2D eigenvalue weighted by molar-refractivity contribution is 7.89. The van der Waals surface area contributed by atoms with Crippen LogP contribution in [0, 0.1) is 17.6 Å². The topological polar surface area (TPSA) is 103 Å². The first-order valence-corrected chi connectivity index (χ1v) is 12.8. The van der Waals surface area contributed by atoms with Gasteiger partial charge in [-0.2, -0.15) is 9.82 Å². The van der Waals surface area contributed by atoms with E-state index in [-0.39, 0.29) is 28.7 Å². The second-order valence-electron chi connectivity index (χ2n) is 9.04. The predicted molar refractivity (Wildman–Crippen MR) is 130 cm³/mol. The summed E-state index contributed by atoms with van der Waals surface area (Å²) in [5, 5.41) is 4.89. The van der Waals surface area contributed by atoms with E-state index in [1.165, 1.54) is 19.2 Å². The zero-order valence-corrected chi connectivity index (χ0v) is 21.6. The Balaban J connectivity index is 2.12. The maximum atomic E-state index is 14.4. The van der Waals surface area contributed by atoms with Crippen molar-refractivity contribution in [2.24, 2.45) is 5.92 Å². The summed E-state index contributed by atoms with van der Waals surface area (Å²) in [6, 6.07) is 4.31. The van der Waals surface area contributed by atoms with Crippen LogP contribution in [0.3, 0.4) is 0 Å². The van der Waals surface area contributed by atoms with E-state index in [2.05, 4.69) is 9.82 Å². The van der Waals surface area contributed by atoms with Gasteiger partial charge >= 0.3 is 5.97 Å². The molecule has 0 saturated heterocycles. The number of benzene rings is 2. The fourth-order valence-electron chi connectivity index (χ4n) is 3.55. The summed E-state index contributed by atoms with van der Waals surface area (Å²) >= 11 is 0. The van der Waals surface area contributed by atoms with Gasteiger partial charge in [-0.3, -0.25) is 9.48 Å². The minimum Gasteiger partial charge on any atom is -0.468 e. The van der Waals surface area contributed by atoms with E-state index in [4.69, 9.17) is 9.47 Å². The number of halogens is 2. The van der Waals surface area contributed by atoms with Crippen LogP contribution in [0.4, 0.5) is 8.78 Å². The van der Waals surface area contributed by atoms with Crippen LogP contribution in [0.1, 0.15) is 20.3 Å². The first-order valence-electron chi connectivity index (χ1n) is 11.3. The van der Waals surface area contributed by atoms with Gasteiger partial charge < -0.3 is 14.4 Å². The number of carbonyl (C=O) groups excluding carboxylic acids is 1. The van der Waals surface area contributed by atoms with Crippen LogP contribution < -0.4 is 9.46 Å². The Bertz CT molecular complexity index is 1340. The average Bonchev–Trinajstić information content (AvgIpc) is 3.18. The van der Waals surface area contributed by atoms with Crippen molar-refractivity contribution in [1.29, 1.82) is 0 Å². The third-order valence-corrected chi connectivity index (χ3v) is 6.79. The number of nitrogens with one attached hydrogen (secondary N) is 1. The van der Waals surface area contributed by atoms with Gasteiger partial charge in [0.2, 0.25) is 10.0 Å². The minimum atomic E-state index is -4.38. The van der Waals surface area contributed by atoms with Gasteiger partial charge in [0.25, 0.3) is 0 Å². The molecule has 0 radical (unpaired) electrons. The Kier molecular flexibility index (Phi) is 8.64. The lowest BCUT2D eigenvalue weighted by atomic mass is 10.2. The molecule has 0 spiro atoms. The van der Waals surface area contributed by atoms with E-state index >= 15 is 0 Å². The van der Waals surface area contributed by atoms with Crippen molar-refractivity contribution >= 4 is 26.9 Å². The Morgan fingerprint density at radius 1 is 1.17 bits per heavy atom. The van der Waals surface area contributed by atoms with Gasteiger partial charge in [-0.25, -0.2) is 17.2 Å². The van der Waals surface area contributed by atoms with Crippen molar-refractivity contribution in [3.8, 4) is 11.5 Å². The predicted octanol–water partition coefficient (Wildman–Crippen LogP) is 3.53. The Hall–Kier alpha value is -3.09. The maximum Gasteiger partial charge on any atom is 0.323 e. The second kappa shape index (κ2) is 11.3. The third-order valence-electron chi connectivity index (χ3n) is 5.30. The molecule has 1 heterocycles. The molecule has 0 aliphatic rings. The number of methoxy groups -OCH3 is 1. The average molecular weight is 525 g/mol. The van der Waals surface area contributed by atoms with Gasteiger partial charge in [0, 0.05) is 18.0 Å². The summed E-state index contributed by atoms with van der Waals surface area (Å²) in [4.78, 5) is 13.8. The highest BCUT2D eigenvalue weighted by Gasteiger charge is 2.30. The Labute approximate surface area is 209 Å². The van der Waals surface area contributed by atoms with Crippen molar-refractivity contribution in [3.05, 3.63) is 48.2 Å². The quantitative estimate of drug-likeness (QED) is 0.383. The van der Waals surface area contributed by atoms with Gasteiger partial charge in [0.15, 0.2) is 11.6 Å². The monoisotopic (exact) mass is 524 g/mol. The SMILES string of the molecule is COC(=O)[C@H](CCN(C)C)NS(=O)(=O)c1cc2c(cnn2CC(C)C)cc1Oc1ccc(F)cc1F. The molecule has 1 atom stereocenters. The highest BCUT2D eigenvalue weighted by atomic mass is 32.2. The summed E-state index contributed by atoms with van der Waals surface area (Å²) in [7, 11) is 0.363. The molecule has 0 fully saturated rings. The van der Waals surface area contributed by atoms with Gasteiger partial charge in [0.1, 0.15) is 22.5 Å². The smallest absolute Gasteiger partial charge is 0.323 e. The number of fused-ring (bicyclic) bond motifs is 1. The van der Waals surface area contributed by atoms with Gasteiger partial charge in [-0.1, -0.05) is 13.8 Å². The number of sulfonamides is 1. The number of rotatable bonds is 11. The van der Waals surface area contributed by atoms with Gasteiger partial charge in [-0.15, -0.1) is 0 Å². The van der Waals surface area contributed by atoms with Crippen molar-refractivity contribution < 1.29 is 31.5 Å². The summed E-state index contributed by atoms with van der Waals surface area (Å²) in [6.07, 6.45) is 1.69. The van der Waals surface area contributed by atoms with Crippen molar-refractivity contribution in [2.75, 3.05) is 27.7 Å². The fourth-order valence-corrected chi connectivity index (χ4v) is 4.90. The maximum absolute atomic E-state index is 14.4. The zero-order chi connectivity index (χ0) is 26.6. The van der Waals surface area contributed by atoms with Crippen LogP contribution in [-0.4, -0.2) is 62.9 Å². The Morgan fingerprint density at radius 2 is 1.89 bits per heavy atom. The lowest BCUT2D eigenvalue weighted by Crippen LogP contribution is -2.43. The summed E-state index contributed by atoms with van der Waals surface area (Å²) in [5.41, 5.74) is 0.513. The number of nitrogens with zero attached hydrogens (tertiary/aromatic N) is 3. The van der Waals surface area contributed by atoms with E-state index in [0.717, 1.165) is 12.1 Å². The van der Waals surface area contributed by atoms with E-state index in [1.807, 2.05) is 13.8 Å². The molecular weight excluding hydrogens is 494 g/mol. The van der Waals surface area contributed by atoms with Crippen LogP contribution in [0.5, 0.6) is 11.5 Å². The lowest BCUT2D eigenvalue weighted by Gasteiger charge is -2.20. The van der Waals surface area contributed by atoms with E-state index in [0.29, 0.717) is 30.1 Å². The van der Waals surface area contributed by atoms with E-state index < -0.39 is 33.7 Å². The standard InChI is InChI=1S/C24H30F2N4O5S/c1-15(2)14-30-20-12-23(36(32,33)28-19(24(31)34-5)8-9-29(3)4)22(10-16(20)13-27-30)35-21-7-6-17(25)11-18(21)26/h6-7,10-13,15,19,28H,8-9,14H2,1-5H3/t19-/m0/s1. The number of hydrogen-bond acceptors (Lipinski definition) is 7. The molecular formula is C24H30F2N4O5S. The number of esters is 1. The summed E-state index contributed by atoms with van der Waals surface area (Å²) in [5.74, 6) is -2.90. The molecule has 12 heteroatoms. The van der Waals surface area contributed by atoms with Crippen LogP contribution in [-0.2, 0) is 26.1 Å². The lowest BCUT2D eigenvalue weighted by molar-refractivity contribution is -0.142. The molecule has 196 valence electrons. The van der Waals surface area contributed by atoms with Crippen LogP contribution >= 0.6 is 0 Å². The summed E-state index contributed by atoms with van der Waals surface area (Å²) in [6.45, 7) is 4.92. The number of ether oxygens (including phenoxy) is 2. The molecule has 0 bridgehead atoms. The third kappa shape index (κ3) is 6.56. The van der Waals surface area contributed by atoms with Gasteiger partial charge in [0.05, 0.1) is 18.8 Å². The number of aromatic nitrogens is 2. The molecule has 0 saturated carbocycles. The van der Waals surface area contributed by atoms with E-state index in [1.54, 1.807) is 29.9 Å². The van der Waals surface area contributed by atoms with Crippen LogP contribution in [0.2, 0.25) is 0 Å². The second-order valence-corrected chi connectivity index (χ2v) is 10.7. The first-order chi connectivity index (χ1) is 16.9.